The molecule has 0 aromatic rings. The largest absolute Gasteiger partial charge is 0.435 e. The summed E-state index contributed by atoms with van der Waals surface area (Å²) in [4.78, 5) is 0. The molecular weight excluding hydrogens is 266 g/mol. The fourth-order valence-corrected chi connectivity index (χ4v) is 3.65. The maximum Gasteiger partial charge on any atom is 0.396 e. The lowest BCUT2D eigenvalue weighted by Gasteiger charge is -2.41. The molecule has 1 spiro atoms. The third-order valence-corrected chi connectivity index (χ3v) is 4.45. The topological polar surface area (TPSA) is 55.4 Å². The van der Waals surface area contributed by atoms with Gasteiger partial charge in [0.25, 0.3) is 0 Å². The number of hydrogen-bond acceptors (Lipinski definition) is 6. The van der Waals surface area contributed by atoms with Crippen molar-refractivity contribution in [1.82, 2.24) is 0 Å². The van der Waals surface area contributed by atoms with Crippen LogP contribution in [0.4, 0.5) is 0 Å². The highest BCUT2D eigenvalue weighted by Crippen LogP contribution is 2.52. The Kier molecular flexibility index (Phi) is 5.12. The Bertz CT molecular complexity index is 246. The van der Waals surface area contributed by atoms with E-state index in [-0.39, 0.29) is 5.41 Å². The smallest absolute Gasteiger partial charge is 0.396 e. The first kappa shape index (κ1) is 13.6. The molecule has 0 bridgehead atoms. The summed E-state index contributed by atoms with van der Waals surface area (Å²) in [6, 6.07) is 0. The minimum Gasteiger partial charge on any atom is -0.435 e. The van der Waals surface area contributed by atoms with Crippen molar-refractivity contribution in [3.63, 3.8) is 0 Å². The summed E-state index contributed by atoms with van der Waals surface area (Å²) >= 11 is 0. The molecule has 6 nitrogen and oxygen atoms in total. The fraction of sp³-hybridized carbons (Fsp3) is 0.778. The molecule has 2 aliphatic heterocycles. The molecule has 17 heavy (non-hydrogen) atoms. The van der Waals surface area contributed by atoms with E-state index in [1.165, 1.54) is 6.26 Å². The molecule has 2 rings (SSSR count). The molecule has 0 atom stereocenters. The number of rotatable bonds is 4. The second-order valence-corrected chi connectivity index (χ2v) is 6.13. The van der Waals surface area contributed by atoms with Gasteiger partial charge in [0.1, 0.15) is 0 Å². The van der Waals surface area contributed by atoms with E-state index in [0.717, 1.165) is 0 Å². The average Bonchev–Trinajstić information content (AvgIpc) is 2.36. The van der Waals surface area contributed by atoms with E-state index in [1.54, 1.807) is 0 Å². The van der Waals surface area contributed by atoms with Crippen molar-refractivity contribution < 1.29 is 27.1 Å². The summed E-state index contributed by atoms with van der Waals surface area (Å²) in [5, 5.41) is 0. The molecule has 98 valence electrons. The van der Waals surface area contributed by atoms with Crippen LogP contribution in [-0.4, -0.2) is 33.0 Å². The van der Waals surface area contributed by atoms with Gasteiger partial charge in [-0.2, -0.15) is 0 Å². The molecule has 0 aliphatic carbocycles. The summed E-state index contributed by atoms with van der Waals surface area (Å²) in [6.07, 6.45) is 1.33. The van der Waals surface area contributed by atoms with Gasteiger partial charge < -0.3 is 27.1 Å². The molecule has 0 aromatic carbocycles. The van der Waals surface area contributed by atoms with Crippen LogP contribution in [-0.2, 0) is 27.1 Å². The van der Waals surface area contributed by atoms with Crippen molar-refractivity contribution in [2.24, 2.45) is 5.41 Å². The van der Waals surface area contributed by atoms with Gasteiger partial charge in [0.2, 0.25) is 0 Å². The Morgan fingerprint density at radius 1 is 1.12 bits per heavy atom. The molecule has 0 aromatic heterocycles. The molecule has 0 N–H and O–H groups in total. The Morgan fingerprint density at radius 2 is 1.65 bits per heavy atom. The van der Waals surface area contributed by atoms with E-state index in [1.807, 2.05) is 6.92 Å². The molecular formula is C9H16O6P2. The van der Waals surface area contributed by atoms with Gasteiger partial charge in [-0.1, -0.05) is 6.58 Å². The van der Waals surface area contributed by atoms with Crippen molar-refractivity contribution in [3.05, 3.63) is 12.8 Å². The van der Waals surface area contributed by atoms with Crippen molar-refractivity contribution >= 4 is 17.2 Å². The summed E-state index contributed by atoms with van der Waals surface area (Å²) in [6.45, 7) is 8.01. The second-order valence-electron chi connectivity index (χ2n) is 3.73. The molecule has 8 heteroatoms. The molecule has 2 saturated heterocycles. The van der Waals surface area contributed by atoms with E-state index >= 15 is 0 Å². The molecule has 2 heterocycles. The van der Waals surface area contributed by atoms with Crippen LogP contribution in [0.2, 0.25) is 0 Å². The van der Waals surface area contributed by atoms with Crippen LogP contribution < -0.4 is 0 Å². The van der Waals surface area contributed by atoms with Crippen molar-refractivity contribution in [3.8, 4) is 0 Å². The van der Waals surface area contributed by atoms with E-state index in [9.17, 15) is 0 Å². The average molecular weight is 282 g/mol. The lowest BCUT2D eigenvalue weighted by Crippen LogP contribution is -2.44. The van der Waals surface area contributed by atoms with Gasteiger partial charge in [-0.05, 0) is 6.92 Å². The van der Waals surface area contributed by atoms with E-state index in [2.05, 4.69) is 6.58 Å². The fourth-order valence-electron chi connectivity index (χ4n) is 1.38. The highest BCUT2D eigenvalue weighted by atomic mass is 31.2. The van der Waals surface area contributed by atoms with Crippen LogP contribution in [0.15, 0.2) is 12.8 Å². The zero-order valence-electron chi connectivity index (χ0n) is 9.66. The van der Waals surface area contributed by atoms with Crippen molar-refractivity contribution in [2.75, 3.05) is 33.0 Å². The molecule has 2 aliphatic rings. The van der Waals surface area contributed by atoms with Gasteiger partial charge >= 0.3 is 17.2 Å². The third kappa shape index (κ3) is 3.58. The van der Waals surface area contributed by atoms with Gasteiger partial charge in [0.15, 0.2) is 0 Å². The monoisotopic (exact) mass is 282 g/mol. The third-order valence-electron chi connectivity index (χ3n) is 2.30. The van der Waals surface area contributed by atoms with E-state index in [0.29, 0.717) is 33.0 Å². The predicted molar refractivity (Wildman–Crippen MR) is 63.0 cm³/mol. The molecule has 0 radical (unpaired) electrons. The van der Waals surface area contributed by atoms with E-state index in [4.69, 9.17) is 27.1 Å². The first-order valence-electron chi connectivity index (χ1n) is 5.30. The minimum absolute atomic E-state index is 0.237. The summed E-state index contributed by atoms with van der Waals surface area (Å²) in [7, 11) is -2.49. The van der Waals surface area contributed by atoms with Crippen molar-refractivity contribution in [1.29, 1.82) is 0 Å². The first-order chi connectivity index (χ1) is 8.28. The Morgan fingerprint density at radius 3 is 2.12 bits per heavy atom. The normalized spacial score (nSPS) is 37.9. The number of hydrogen-bond donors (Lipinski definition) is 0. The van der Waals surface area contributed by atoms with E-state index < -0.39 is 17.2 Å². The van der Waals surface area contributed by atoms with Crippen LogP contribution >= 0.6 is 17.2 Å². The Labute approximate surface area is 103 Å². The molecule has 0 unspecified atom stereocenters. The molecule has 0 saturated carbocycles. The van der Waals surface area contributed by atoms with Crippen molar-refractivity contribution in [2.45, 2.75) is 6.92 Å². The first-order valence-corrected chi connectivity index (χ1v) is 7.49. The van der Waals surface area contributed by atoms with Crippen LogP contribution in [0, 0.1) is 5.41 Å². The molecule has 2 fully saturated rings. The standard InChI is InChI=1S/C9H16O6P2/c1-3-10-16-12-5-9(6-13-16)7-14-17(11-4-2)15-8-9/h3H,1,4-8H2,2H3. The Hall–Kier alpha value is 0.200. The molecule has 0 amide bonds. The van der Waals surface area contributed by atoms with Gasteiger partial charge in [-0.25, -0.2) is 0 Å². The lowest BCUT2D eigenvalue weighted by molar-refractivity contribution is -0.0729. The summed E-state index contributed by atoms with van der Waals surface area (Å²) in [5.41, 5.74) is -0.237. The van der Waals surface area contributed by atoms with Gasteiger partial charge in [-0.15, -0.1) is 0 Å². The predicted octanol–water partition coefficient (Wildman–Crippen LogP) is 2.72. The summed E-state index contributed by atoms with van der Waals surface area (Å²) < 4.78 is 32.3. The van der Waals surface area contributed by atoms with Gasteiger partial charge in [0, 0.05) is 0 Å². The highest BCUT2D eigenvalue weighted by Gasteiger charge is 2.44. The SMILES string of the molecule is C=COP1OCC2(CO1)COP(OCC)OC2. The van der Waals surface area contributed by atoms with Crippen LogP contribution in [0.3, 0.4) is 0 Å². The van der Waals surface area contributed by atoms with Crippen LogP contribution in [0.25, 0.3) is 0 Å². The highest BCUT2D eigenvalue weighted by molar-refractivity contribution is 7.42. The lowest BCUT2D eigenvalue weighted by atomic mass is 9.93. The zero-order chi connectivity index (χ0) is 12.1. The van der Waals surface area contributed by atoms with Crippen LogP contribution in [0.1, 0.15) is 6.92 Å². The van der Waals surface area contributed by atoms with Gasteiger partial charge in [-0.3, -0.25) is 0 Å². The van der Waals surface area contributed by atoms with Crippen LogP contribution in [0.5, 0.6) is 0 Å². The minimum atomic E-state index is -1.30. The summed E-state index contributed by atoms with van der Waals surface area (Å²) in [5.74, 6) is 0. The zero-order valence-corrected chi connectivity index (χ0v) is 11.5. The Balaban J connectivity index is 1.78. The maximum atomic E-state index is 5.51. The quantitative estimate of drug-likeness (QED) is 0.583. The van der Waals surface area contributed by atoms with Gasteiger partial charge in [0.05, 0.1) is 44.7 Å². The second kappa shape index (κ2) is 6.39. The maximum absolute atomic E-state index is 5.51.